The Hall–Kier alpha value is -2.91. The van der Waals surface area contributed by atoms with Gasteiger partial charge in [-0.3, -0.25) is 4.79 Å². The van der Waals surface area contributed by atoms with Crippen LogP contribution in [0.1, 0.15) is 6.42 Å². The molecule has 2 unspecified atom stereocenters. The third-order valence-electron chi connectivity index (χ3n) is 3.80. The number of carbonyl (C=O) groups excluding carboxylic acids is 1. The SMILES string of the molecule is N#CC1CNC(C(=O)Nc2ccc(Oc3ccc(F)cc3)cc2)C1. The molecule has 0 aliphatic carbocycles. The molecule has 0 saturated carbocycles. The highest BCUT2D eigenvalue weighted by Crippen LogP contribution is 2.23. The minimum atomic E-state index is -0.343. The first-order valence-corrected chi connectivity index (χ1v) is 7.61. The third-order valence-corrected chi connectivity index (χ3v) is 3.80. The number of halogens is 1. The quantitative estimate of drug-likeness (QED) is 0.906. The van der Waals surface area contributed by atoms with Gasteiger partial charge in [0.05, 0.1) is 18.0 Å². The molecule has 24 heavy (non-hydrogen) atoms. The fourth-order valence-electron chi connectivity index (χ4n) is 2.51. The van der Waals surface area contributed by atoms with E-state index in [1.54, 1.807) is 36.4 Å². The van der Waals surface area contributed by atoms with Gasteiger partial charge in [0.15, 0.2) is 0 Å². The van der Waals surface area contributed by atoms with Crippen LogP contribution >= 0.6 is 0 Å². The number of hydrogen-bond donors (Lipinski definition) is 2. The highest BCUT2D eigenvalue weighted by atomic mass is 19.1. The molecule has 2 aromatic rings. The maximum atomic E-state index is 12.9. The van der Waals surface area contributed by atoms with E-state index in [0.717, 1.165) is 0 Å². The van der Waals surface area contributed by atoms with Crippen molar-refractivity contribution in [3.63, 3.8) is 0 Å². The van der Waals surface area contributed by atoms with Crippen LogP contribution in [0.2, 0.25) is 0 Å². The first kappa shape index (κ1) is 16.0. The molecular formula is C18H16FN3O2. The van der Waals surface area contributed by atoms with E-state index in [-0.39, 0.29) is 23.7 Å². The molecule has 0 bridgehead atoms. The standard InChI is InChI=1S/C18H16FN3O2/c19-13-1-5-15(6-2-13)24-16-7-3-14(4-8-16)22-18(23)17-9-12(10-20)11-21-17/h1-8,12,17,21H,9,11H2,(H,22,23). The number of anilines is 1. The van der Waals surface area contributed by atoms with E-state index in [0.29, 0.717) is 30.2 Å². The summed E-state index contributed by atoms with van der Waals surface area (Å²) in [6.45, 7) is 0.541. The van der Waals surface area contributed by atoms with Gasteiger partial charge in [-0.25, -0.2) is 4.39 Å². The molecule has 0 spiro atoms. The molecule has 3 rings (SSSR count). The minimum absolute atomic E-state index is 0.118. The van der Waals surface area contributed by atoms with Crippen LogP contribution in [0.3, 0.4) is 0 Å². The minimum Gasteiger partial charge on any atom is -0.457 e. The van der Waals surface area contributed by atoms with Gasteiger partial charge >= 0.3 is 0 Å². The summed E-state index contributed by atoms with van der Waals surface area (Å²) in [5.41, 5.74) is 0.647. The van der Waals surface area contributed by atoms with Crippen molar-refractivity contribution in [3.05, 3.63) is 54.3 Å². The number of benzene rings is 2. The predicted octanol–water partition coefficient (Wildman–Crippen LogP) is 3.06. The second-order valence-electron chi connectivity index (χ2n) is 5.59. The molecular weight excluding hydrogens is 309 g/mol. The number of hydrogen-bond acceptors (Lipinski definition) is 4. The molecule has 2 aromatic carbocycles. The van der Waals surface area contributed by atoms with Gasteiger partial charge in [-0.15, -0.1) is 0 Å². The Morgan fingerprint density at radius 3 is 2.38 bits per heavy atom. The van der Waals surface area contributed by atoms with Crippen molar-refractivity contribution in [1.29, 1.82) is 5.26 Å². The number of nitrogens with one attached hydrogen (secondary N) is 2. The van der Waals surface area contributed by atoms with Crippen LogP contribution in [0.15, 0.2) is 48.5 Å². The van der Waals surface area contributed by atoms with Gasteiger partial charge in [0, 0.05) is 12.2 Å². The lowest BCUT2D eigenvalue weighted by atomic mass is 10.1. The van der Waals surface area contributed by atoms with Gasteiger partial charge in [0.25, 0.3) is 0 Å². The van der Waals surface area contributed by atoms with E-state index in [1.165, 1.54) is 12.1 Å². The van der Waals surface area contributed by atoms with Crippen molar-refractivity contribution in [3.8, 4) is 17.6 Å². The van der Waals surface area contributed by atoms with Crippen LogP contribution in [0, 0.1) is 23.1 Å². The fraction of sp³-hybridized carbons (Fsp3) is 0.222. The largest absolute Gasteiger partial charge is 0.457 e. The molecule has 0 aromatic heterocycles. The van der Waals surface area contributed by atoms with Gasteiger partial charge < -0.3 is 15.4 Å². The second-order valence-corrected chi connectivity index (χ2v) is 5.59. The molecule has 122 valence electrons. The first-order valence-electron chi connectivity index (χ1n) is 7.61. The highest BCUT2D eigenvalue weighted by Gasteiger charge is 2.29. The summed E-state index contributed by atoms with van der Waals surface area (Å²) in [5, 5.41) is 14.7. The van der Waals surface area contributed by atoms with Crippen molar-refractivity contribution in [2.24, 2.45) is 5.92 Å². The summed E-state index contributed by atoms with van der Waals surface area (Å²) in [5.74, 6) is 0.529. The van der Waals surface area contributed by atoms with Crippen LogP contribution in [0.4, 0.5) is 10.1 Å². The van der Waals surface area contributed by atoms with Gasteiger partial charge in [-0.2, -0.15) is 5.26 Å². The molecule has 5 nitrogen and oxygen atoms in total. The summed E-state index contributed by atoms with van der Waals surface area (Å²) < 4.78 is 18.5. The molecule has 1 saturated heterocycles. The zero-order chi connectivity index (χ0) is 16.9. The van der Waals surface area contributed by atoms with Gasteiger partial charge in [0.2, 0.25) is 5.91 Å². The number of nitrogens with zero attached hydrogens (tertiary/aromatic N) is 1. The van der Waals surface area contributed by atoms with Crippen LogP contribution in [0.5, 0.6) is 11.5 Å². The van der Waals surface area contributed by atoms with Crippen molar-refractivity contribution in [2.45, 2.75) is 12.5 Å². The molecule has 1 fully saturated rings. The molecule has 1 aliphatic rings. The Bertz CT molecular complexity index is 753. The lowest BCUT2D eigenvalue weighted by molar-refractivity contribution is -0.117. The number of nitriles is 1. The van der Waals surface area contributed by atoms with E-state index in [9.17, 15) is 9.18 Å². The molecule has 0 radical (unpaired) electrons. The van der Waals surface area contributed by atoms with Crippen LogP contribution in [0.25, 0.3) is 0 Å². The topological polar surface area (TPSA) is 74.2 Å². The van der Waals surface area contributed by atoms with Gasteiger partial charge in [-0.1, -0.05) is 0 Å². The summed E-state index contributed by atoms with van der Waals surface area (Å²) in [7, 11) is 0. The summed E-state index contributed by atoms with van der Waals surface area (Å²) in [6.07, 6.45) is 0.522. The normalized spacial score (nSPS) is 19.5. The van der Waals surface area contributed by atoms with E-state index in [4.69, 9.17) is 10.00 Å². The number of carbonyl (C=O) groups is 1. The fourth-order valence-corrected chi connectivity index (χ4v) is 2.51. The van der Waals surface area contributed by atoms with E-state index < -0.39 is 0 Å². The highest BCUT2D eigenvalue weighted by molar-refractivity contribution is 5.95. The predicted molar refractivity (Wildman–Crippen MR) is 87.1 cm³/mol. The third kappa shape index (κ3) is 3.89. The van der Waals surface area contributed by atoms with Gasteiger partial charge in [-0.05, 0) is 55.0 Å². The molecule has 1 aliphatic heterocycles. The summed E-state index contributed by atoms with van der Waals surface area (Å²) >= 11 is 0. The zero-order valence-corrected chi connectivity index (χ0v) is 12.8. The van der Waals surface area contributed by atoms with Crippen LogP contribution in [-0.2, 0) is 4.79 Å². The first-order chi connectivity index (χ1) is 11.6. The van der Waals surface area contributed by atoms with Crippen molar-refractivity contribution in [1.82, 2.24) is 5.32 Å². The van der Waals surface area contributed by atoms with Crippen molar-refractivity contribution < 1.29 is 13.9 Å². The summed E-state index contributed by atoms with van der Waals surface area (Å²) in [6, 6.07) is 14.5. The van der Waals surface area contributed by atoms with Crippen LogP contribution < -0.4 is 15.4 Å². The van der Waals surface area contributed by atoms with Gasteiger partial charge in [0.1, 0.15) is 17.3 Å². The Morgan fingerprint density at radius 1 is 1.17 bits per heavy atom. The Labute approximate surface area is 139 Å². The molecule has 1 amide bonds. The van der Waals surface area contributed by atoms with Crippen molar-refractivity contribution >= 4 is 11.6 Å². The maximum Gasteiger partial charge on any atom is 0.241 e. The molecule has 1 heterocycles. The number of rotatable bonds is 4. The second kappa shape index (κ2) is 7.11. The average molecular weight is 325 g/mol. The average Bonchev–Trinajstić information content (AvgIpc) is 3.08. The van der Waals surface area contributed by atoms with Crippen LogP contribution in [-0.4, -0.2) is 18.5 Å². The van der Waals surface area contributed by atoms with E-state index >= 15 is 0 Å². The molecule has 2 N–H and O–H groups in total. The lowest BCUT2D eigenvalue weighted by Gasteiger charge is -2.11. The molecule has 6 heteroatoms. The smallest absolute Gasteiger partial charge is 0.241 e. The maximum absolute atomic E-state index is 12.9. The Balaban J connectivity index is 1.57. The Morgan fingerprint density at radius 2 is 1.79 bits per heavy atom. The van der Waals surface area contributed by atoms with E-state index in [1.807, 2.05) is 0 Å². The van der Waals surface area contributed by atoms with Crippen molar-refractivity contribution in [2.75, 3.05) is 11.9 Å². The molecule has 2 atom stereocenters. The summed E-state index contributed by atoms with van der Waals surface area (Å²) in [4.78, 5) is 12.1. The zero-order valence-electron chi connectivity index (χ0n) is 12.8. The Kier molecular flexibility index (Phi) is 4.73. The van der Waals surface area contributed by atoms with E-state index in [2.05, 4.69) is 16.7 Å². The monoisotopic (exact) mass is 325 g/mol. The number of ether oxygens (including phenoxy) is 1. The lowest BCUT2D eigenvalue weighted by Crippen LogP contribution is -2.35. The number of amides is 1.